The Morgan fingerprint density at radius 1 is 1.00 bits per heavy atom. The van der Waals surface area contributed by atoms with E-state index >= 15 is 0 Å². The van der Waals surface area contributed by atoms with Crippen molar-refractivity contribution in [1.82, 2.24) is 5.32 Å². The second-order valence-corrected chi connectivity index (χ2v) is 4.73. The van der Waals surface area contributed by atoms with Gasteiger partial charge in [0.2, 0.25) is 0 Å². The highest BCUT2D eigenvalue weighted by Gasteiger charge is 2.03. The number of benzene rings is 2. The minimum atomic E-state index is 0.927. The molecule has 0 atom stereocenters. The normalized spacial score (nSPS) is 10.6. The van der Waals surface area contributed by atoms with Crippen LogP contribution in [0.25, 0.3) is 11.1 Å². The van der Waals surface area contributed by atoms with Crippen molar-refractivity contribution in [3.63, 3.8) is 0 Å². The molecule has 1 heteroatoms. The molecular weight excluding hydrogens is 218 g/mol. The third kappa shape index (κ3) is 2.80. The summed E-state index contributed by atoms with van der Waals surface area (Å²) in [6.45, 7) is 5.31. The maximum atomic E-state index is 3.19. The van der Waals surface area contributed by atoms with E-state index in [1.165, 1.54) is 27.8 Å². The van der Waals surface area contributed by atoms with Gasteiger partial charge in [0.1, 0.15) is 0 Å². The highest BCUT2D eigenvalue weighted by Crippen LogP contribution is 2.25. The second-order valence-electron chi connectivity index (χ2n) is 4.73. The average Bonchev–Trinajstić information content (AvgIpc) is 2.39. The van der Waals surface area contributed by atoms with Gasteiger partial charge in [-0.3, -0.25) is 0 Å². The predicted octanol–water partition coefficient (Wildman–Crippen LogP) is 3.94. The first kappa shape index (κ1) is 12.8. The van der Waals surface area contributed by atoms with Crippen LogP contribution < -0.4 is 5.32 Å². The van der Waals surface area contributed by atoms with E-state index < -0.39 is 0 Å². The van der Waals surface area contributed by atoms with Crippen molar-refractivity contribution in [1.29, 1.82) is 0 Å². The van der Waals surface area contributed by atoms with Crippen molar-refractivity contribution in [3.05, 3.63) is 59.2 Å². The van der Waals surface area contributed by atoms with E-state index in [9.17, 15) is 0 Å². The lowest BCUT2D eigenvalue weighted by Crippen LogP contribution is -2.05. The number of rotatable bonds is 4. The quantitative estimate of drug-likeness (QED) is 0.852. The molecule has 0 aromatic heterocycles. The maximum absolute atomic E-state index is 3.19. The first-order valence-electron chi connectivity index (χ1n) is 6.58. The van der Waals surface area contributed by atoms with Crippen LogP contribution in [0.2, 0.25) is 0 Å². The maximum Gasteiger partial charge on any atom is 0.0202 e. The van der Waals surface area contributed by atoms with Gasteiger partial charge in [-0.05, 0) is 48.2 Å². The molecule has 1 N–H and O–H groups in total. The number of hydrogen-bond donors (Lipinski definition) is 1. The van der Waals surface area contributed by atoms with E-state index in [1.807, 2.05) is 7.05 Å². The molecule has 0 fully saturated rings. The van der Waals surface area contributed by atoms with Gasteiger partial charge in [-0.1, -0.05) is 49.4 Å². The molecule has 0 saturated heterocycles. The average molecular weight is 239 g/mol. The minimum absolute atomic E-state index is 0.927. The Hall–Kier alpha value is -1.60. The fourth-order valence-corrected chi connectivity index (χ4v) is 2.32. The van der Waals surface area contributed by atoms with Crippen LogP contribution in [0, 0.1) is 6.92 Å². The Balaban J connectivity index is 2.38. The first-order valence-corrected chi connectivity index (χ1v) is 6.58. The molecule has 2 aromatic rings. The molecule has 18 heavy (non-hydrogen) atoms. The monoisotopic (exact) mass is 239 g/mol. The van der Waals surface area contributed by atoms with Crippen molar-refractivity contribution in [3.8, 4) is 11.1 Å². The van der Waals surface area contributed by atoms with E-state index in [2.05, 4.69) is 61.6 Å². The van der Waals surface area contributed by atoms with Gasteiger partial charge in [-0.25, -0.2) is 0 Å². The van der Waals surface area contributed by atoms with E-state index in [4.69, 9.17) is 0 Å². The number of hydrogen-bond acceptors (Lipinski definition) is 1. The van der Waals surface area contributed by atoms with Crippen LogP contribution >= 0.6 is 0 Å². The smallest absolute Gasteiger partial charge is 0.0202 e. The largest absolute Gasteiger partial charge is 0.316 e. The molecule has 0 aliphatic heterocycles. The Kier molecular flexibility index (Phi) is 4.16. The molecule has 0 spiro atoms. The molecule has 0 bridgehead atoms. The van der Waals surface area contributed by atoms with Crippen molar-refractivity contribution < 1.29 is 0 Å². The topological polar surface area (TPSA) is 12.0 Å². The summed E-state index contributed by atoms with van der Waals surface area (Å²) in [5.41, 5.74) is 6.74. The SMILES string of the molecule is CCc1cccc(-c2ccc(CNC)cc2C)c1. The fourth-order valence-electron chi connectivity index (χ4n) is 2.32. The highest BCUT2D eigenvalue weighted by molar-refractivity contribution is 5.68. The van der Waals surface area contributed by atoms with Gasteiger partial charge >= 0.3 is 0 Å². The molecule has 2 aromatic carbocycles. The molecule has 0 amide bonds. The van der Waals surface area contributed by atoms with Crippen LogP contribution in [0.1, 0.15) is 23.6 Å². The molecule has 0 saturated carbocycles. The number of aryl methyl sites for hydroxylation is 2. The fraction of sp³-hybridized carbons (Fsp3) is 0.294. The molecule has 2 rings (SSSR count). The summed E-state index contributed by atoms with van der Waals surface area (Å²) in [5.74, 6) is 0. The lowest BCUT2D eigenvalue weighted by molar-refractivity contribution is 0.817. The Morgan fingerprint density at radius 2 is 1.83 bits per heavy atom. The lowest BCUT2D eigenvalue weighted by Gasteiger charge is -2.10. The Labute approximate surface area is 110 Å². The van der Waals surface area contributed by atoms with E-state index in [0.717, 1.165) is 13.0 Å². The van der Waals surface area contributed by atoms with Crippen LogP contribution in [-0.4, -0.2) is 7.05 Å². The zero-order chi connectivity index (χ0) is 13.0. The molecule has 0 unspecified atom stereocenters. The summed E-state index contributed by atoms with van der Waals surface area (Å²) in [7, 11) is 1.98. The molecule has 0 aliphatic carbocycles. The lowest BCUT2D eigenvalue weighted by atomic mass is 9.96. The first-order chi connectivity index (χ1) is 8.74. The van der Waals surface area contributed by atoms with Crippen LogP contribution in [0.15, 0.2) is 42.5 Å². The van der Waals surface area contributed by atoms with Crippen molar-refractivity contribution in [2.45, 2.75) is 26.8 Å². The summed E-state index contributed by atoms with van der Waals surface area (Å²) in [5, 5.41) is 3.19. The van der Waals surface area contributed by atoms with E-state index in [0.29, 0.717) is 0 Å². The molecule has 94 valence electrons. The van der Waals surface area contributed by atoms with Crippen molar-refractivity contribution in [2.75, 3.05) is 7.05 Å². The van der Waals surface area contributed by atoms with Gasteiger partial charge in [0.25, 0.3) is 0 Å². The zero-order valence-electron chi connectivity index (χ0n) is 11.5. The van der Waals surface area contributed by atoms with Gasteiger partial charge in [-0.2, -0.15) is 0 Å². The highest BCUT2D eigenvalue weighted by atomic mass is 14.8. The van der Waals surface area contributed by atoms with Gasteiger partial charge in [0.05, 0.1) is 0 Å². The van der Waals surface area contributed by atoms with Gasteiger partial charge < -0.3 is 5.32 Å². The third-order valence-corrected chi connectivity index (χ3v) is 3.32. The van der Waals surface area contributed by atoms with E-state index in [1.54, 1.807) is 0 Å². The van der Waals surface area contributed by atoms with E-state index in [-0.39, 0.29) is 0 Å². The summed E-state index contributed by atoms with van der Waals surface area (Å²) < 4.78 is 0. The molecular formula is C17H21N. The van der Waals surface area contributed by atoms with Crippen molar-refractivity contribution in [2.24, 2.45) is 0 Å². The molecule has 0 aliphatic rings. The second kappa shape index (κ2) is 5.83. The summed E-state index contributed by atoms with van der Waals surface area (Å²) in [6.07, 6.45) is 1.09. The Bertz CT molecular complexity index is 529. The van der Waals surface area contributed by atoms with Crippen LogP contribution in [-0.2, 0) is 13.0 Å². The van der Waals surface area contributed by atoms with Crippen LogP contribution in [0.3, 0.4) is 0 Å². The molecule has 1 nitrogen and oxygen atoms in total. The van der Waals surface area contributed by atoms with Crippen molar-refractivity contribution >= 4 is 0 Å². The Morgan fingerprint density at radius 3 is 2.50 bits per heavy atom. The summed E-state index contributed by atoms with van der Waals surface area (Å²) in [4.78, 5) is 0. The summed E-state index contributed by atoms with van der Waals surface area (Å²) in [6, 6.07) is 15.5. The minimum Gasteiger partial charge on any atom is -0.316 e. The summed E-state index contributed by atoms with van der Waals surface area (Å²) >= 11 is 0. The zero-order valence-corrected chi connectivity index (χ0v) is 11.5. The third-order valence-electron chi connectivity index (χ3n) is 3.32. The van der Waals surface area contributed by atoms with Gasteiger partial charge in [0, 0.05) is 6.54 Å². The standard InChI is InChI=1S/C17H21N/c1-4-14-6-5-7-16(11-14)17-9-8-15(12-18-3)10-13(17)2/h5-11,18H,4,12H2,1-3H3. The van der Waals surface area contributed by atoms with Gasteiger partial charge in [-0.15, -0.1) is 0 Å². The van der Waals surface area contributed by atoms with Gasteiger partial charge in [0.15, 0.2) is 0 Å². The number of nitrogens with one attached hydrogen (secondary N) is 1. The van der Waals surface area contributed by atoms with Crippen LogP contribution in [0.5, 0.6) is 0 Å². The molecule has 0 heterocycles. The molecule has 0 radical (unpaired) electrons. The van der Waals surface area contributed by atoms with Crippen LogP contribution in [0.4, 0.5) is 0 Å². The predicted molar refractivity (Wildman–Crippen MR) is 78.8 cm³/mol.